The zero-order chi connectivity index (χ0) is 14.1. The van der Waals surface area contributed by atoms with E-state index in [4.69, 9.17) is 5.11 Å². The number of thioether (sulfide) groups is 1. The monoisotopic (exact) mass is 282 g/mol. The first-order valence-corrected chi connectivity index (χ1v) is 7.55. The molecule has 0 atom stereocenters. The first-order chi connectivity index (χ1) is 9.15. The Bertz CT molecular complexity index is 397. The summed E-state index contributed by atoms with van der Waals surface area (Å²) in [5.74, 6) is 1.77. The Morgan fingerprint density at radius 3 is 2.84 bits per heavy atom. The third kappa shape index (κ3) is 5.98. The molecule has 19 heavy (non-hydrogen) atoms. The number of amides is 1. The predicted octanol–water partition coefficient (Wildman–Crippen LogP) is 1.60. The van der Waals surface area contributed by atoms with Gasteiger partial charge >= 0.3 is 0 Å². The molecule has 0 radical (unpaired) electrons. The molecule has 1 rings (SSSR count). The number of carbonyl (C=O) groups is 1. The van der Waals surface area contributed by atoms with Crippen LogP contribution in [0.3, 0.4) is 0 Å². The summed E-state index contributed by atoms with van der Waals surface area (Å²) in [4.78, 5) is 13.9. The summed E-state index contributed by atoms with van der Waals surface area (Å²) < 4.78 is 0. The van der Waals surface area contributed by atoms with Crippen LogP contribution in [0.15, 0.2) is 24.3 Å². The number of aliphatic hydroxyl groups excluding tert-OH is 1. The molecule has 0 unspecified atom stereocenters. The van der Waals surface area contributed by atoms with Gasteiger partial charge in [0.1, 0.15) is 0 Å². The standard InChI is InChI=1S/C14H22N2O2S/c1-16(2)13-6-3-5-12(11-13)14(18)15-7-10-19-9-4-8-17/h3,5-6,11,17H,4,7-10H2,1-2H3,(H,15,18). The average molecular weight is 282 g/mol. The van der Waals surface area contributed by atoms with Gasteiger partial charge in [0.25, 0.3) is 5.91 Å². The Labute approximate surface area is 119 Å². The van der Waals surface area contributed by atoms with Crippen molar-refractivity contribution in [2.24, 2.45) is 0 Å². The molecule has 0 spiro atoms. The molecule has 2 N–H and O–H groups in total. The SMILES string of the molecule is CN(C)c1cccc(C(=O)NCCSCCCO)c1. The molecular formula is C14H22N2O2S. The first-order valence-electron chi connectivity index (χ1n) is 6.39. The van der Waals surface area contributed by atoms with Crippen molar-refractivity contribution in [2.75, 3.05) is 43.7 Å². The number of aliphatic hydroxyl groups is 1. The normalized spacial score (nSPS) is 10.3. The molecule has 0 fully saturated rings. The topological polar surface area (TPSA) is 52.6 Å². The van der Waals surface area contributed by atoms with Crippen LogP contribution >= 0.6 is 11.8 Å². The lowest BCUT2D eigenvalue weighted by Crippen LogP contribution is -2.26. The smallest absolute Gasteiger partial charge is 0.251 e. The minimum Gasteiger partial charge on any atom is -0.396 e. The molecule has 0 saturated carbocycles. The summed E-state index contributed by atoms with van der Waals surface area (Å²) in [6.07, 6.45) is 0.809. The Morgan fingerprint density at radius 1 is 1.37 bits per heavy atom. The minimum absolute atomic E-state index is 0.0357. The molecule has 0 aromatic heterocycles. The second-order valence-electron chi connectivity index (χ2n) is 4.39. The van der Waals surface area contributed by atoms with E-state index in [-0.39, 0.29) is 12.5 Å². The van der Waals surface area contributed by atoms with Crippen LogP contribution in [0.4, 0.5) is 5.69 Å². The molecule has 106 valence electrons. The van der Waals surface area contributed by atoms with Gasteiger partial charge in [0.05, 0.1) is 0 Å². The zero-order valence-corrected chi connectivity index (χ0v) is 12.4. The van der Waals surface area contributed by atoms with E-state index in [0.29, 0.717) is 12.1 Å². The molecule has 0 bridgehead atoms. The second-order valence-corrected chi connectivity index (χ2v) is 5.61. The Hall–Kier alpha value is -1.20. The summed E-state index contributed by atoms with van der Waals surface area (Å²) in [5.41, 5.74) is 1.71. The van der Waals surface area contributed by atoms with Gasteiger partial charge in [0.15, 0.2) is 0 Å². The number of anilines is 1. The third-order valence-corrected chi connectivity index (χ3v) is 3.67. The second kappa shape index (κ2) is 8.82. The molecule has 0 heterocycles. The van der Waals surface area contributed by atoms with Crippen molar-refractivity contribution in [3.8, 4) is 0 Å². The van der Waals surface area contributed by atoms with Gasteiger partial charge < -0.3 is 15.3 Å². The highest BCUT2D eigenvalue weighted by atomic mass is 32.2. The molecule has 1 amide bonds. The molecule has 1 aromatic carbocycles. The lowest BCUT2D eigenvalue weighted by molar-refractivity contribution is 0.0956. The summed E-state index contributed by atoms with van der Waals surface area (Å²) in [6.45, 7) is 0.887. The fourth-order valence-electron chi connectivity index (χ4n) is 1.53. The summed E-state index contributed by atoms with van der Waals surface area (Å²) in [6, 6.07) is 7.57. The maximum atomic E-state index is 11.9. The first kappa shape index (κ1) is 15.9. The van der Waals surface area contributed by atoms with Crippen LogP contribution in [0.5, 0.6) is 0 Å². The Morgan fingerprint density at radius 2 is 2.16 bits per heavy atom. The van der Waals surface area contributed by atoms with Gasteiger partial charge in [-0.25, -0.2) is 0 Å². The van der Waals surface area contributed by atoms with E-state index in [1.807, 2.05) is 43.3 Å². The number of hydrogen-bond donors (Lipinski definition) is 2. The van der Waals surface area contributed by atoms with Gasteiger partial charge in [-0.3, -0.25) is 4.79 Å². The van der Waals surface area contributed by atoms with Crippen molar-refractivity contribution in [1.82, 2.24) is 5.32 Å². The largest absolute Gasteiger partial charge is 0.396 e. The maximum Gasteiger partial charge on any atom is 0.251 e. The molecule has 0 saturated heterocycles. The van der Waals surface area contributed by atoms with Crippen molar-refractivity contribution in [2.45, 2.75) is 6.42 Å². The van der Waals surface area contributed by atoms with Gasteiger partial charge in [-0.2, -0.15) is 11.8 Å². The zero-order valence-electron chi connectivity index (χ0n) is 11.6. The van der Waals surface area contributed by atoms with E-state index < -0.39 is 0 Å². The average Bonchev–Trinajstić information content (AvgIpc) is 2.42. The fourth-order valence-corrected chi connectivity index (χ4v) is 2.32. The number of benzene rings is 1. The number of nitrogens with one attached hydrogen (secondary N) is 1. The quantitative estimate of drug-likeness (QED) is 0.711. The van der Waals surface area contributed by atoms with Crippen LogP contribution in [0.1, 0.15) is 16.8 Å². The van der Waals surface area contributed by atoms with Gasteiger partial charge in [-0.05, 0) is 30.4 Å². The van der Waals surface area contributed by atoms with Crippen molar-refractivity contribution in [3.63, 3.8) is 0 Å². The summed E-state index contributed by atoms with van der Waals surface area (Å²) in [7, 11) is 3.91. The lowest BCUT2D eigenvalue weighted by Gasteiger charge is -2.13. The minimum atomic E-state index is -0.0357. The number of nitrogens with zero attached hydrogens (tertiary/aromatic N) is 1. The summed E-state index contributed by atoms with van der Waals surface area (Å²) >= 11 is 1.74. The molecule has 1 aromatic rings. The van der Waals surface area contributed by atoms with Crippen molar-refractivity contribution >= 4 is 23.4 Å². The van der Waals surface area contributed by atoms with Crippen LogP contribution in [0.2, 0.25) is 0 Å². The molecule has 0 aliphatic heterocycles. The molecule has 0 aliphatic rings. The van der Waals surface area contributed by atoms with Crippen LogP contribution in [-0.2, 0) is 0 Å². The number of rotatable bonds is 8. The number of hydrogen-bond acceptors (Lipinski definition) is 4. The Balaban J connectivity index is 2.35. The highest BCUT2D eigenvalue weighted by molar-refractivity contribution is 7.99. The van der Waals surface area contributed by atoms with E-state index in [9.17, 15) is 4.79 Å². The van der Waals surface area contributed by atoms with Crippen LogP contribution in [-0.4, -0.2) is 49.8 Å². The van der Waals surface area contributed by atoms with Crippen LogP contribution in [0.25, 0.3) is 0 Å². The van der Waals surface area contributed by atoms with Crippen molar-refractivity contribution < 1.29 is 9.90 Å². The van der Waals surface area contributed by atoms with E-state index in [1.165, 1.54) is 0 Å². The van der Waals surface area contributed by atoms with Crippen molar-refractivity contribution in [3.05, 3.63) is 29.8 Å². The van der Waals surface area contributed by atoms with E-state index in [0.717, 1.165) is 23.6 Å². The van der Waals surface area contributed by atoms with Gasteiger partial charge in [-0.15, -0.1) is 0 Å². The molecule has 4 nitrogen and oxygen atoms in total. The predicted molar refractivity (Wildman–Crippen MR) is 82.1 cm³/mol. The fraction of sp³-hybridized carbons (Fsp3) is 0.500. The van der Waals surface area contributed by atoms with E-state index in [2.05, 4.69) is 5.32 Å². The van der Waals surface area contributed by atoms with Crippen molar-refractivity contribution in [1.29, 1.82) is 0 Å². The maximum absolute atomic E-state index is 11.9. The number of carbonyl (C=O) groups excluding carboxylic acids is 1. The highest BCUT2D eigenvalue weighted by Gasteiger charge is 2.06. The van der Waals surface area contributed by atoms with E-state index >= 15 is 0 Å². The van der Waals surface area contributed by atoms with Crippen LogP contribution in [0, 0.1) is 0 Å². The van der Waals surface area contributed by atoms with Gasteiger partial charge in [0.2, 0.25) is 0 Å². The molecule has 5 heteroatoms. The molecular weight excluding hydrogens is 260 g/mol. The highest BCUT2D eigenvalue weighted by Crippen LogP contribution is 2.13. The lowest BCUT2D eigenvalue weighted by atomic mass is 10.2. The molecule has 0 aliphatic carbocycles. The summed E-state index contributed by atoms with van der Waals surface area (Å²) in [5, 5.41) is 11.5. The van der Waals surface area contributed by atoms with Crippen LogP contribution < -0.4 is 10.2 Å². The van der Waals surface area contributed by atoms with E-state index in [1.54, 1.807) is 11.8 Å². The van der Waals surface area contributed by atoms with Gasteiger partial charge in [-0.1, -0.05) is 6.07 Å². The third-order valence-electron chi connectivity index (χ3n) is 2.60. The van der Waals surface area contributed by atoms with Gasteiger partial charge in [0, 0.05) is 44.3 Å². The Kier molecular flexibility index (Phi) is 7.36.